The van der Waals surface area contributed by atoms with Crippen molar-refractivity contribution >= 4 is 17.2 Å². The molecule has 20 heavy (non-hydrogen) atoms. The second-order valence-corrected chi connectivity index (χ2v) is 5.89. The molecule has 0 unspecified atom stereocenters. The Morgan fingerprint density at radius 2 is 2.30 bits per heavy atom. The molecule has 1 amide bonds. The maximum Gasteiger partial charge on any atom is 0.251 e. The lowest BCUT2D eigenvalue weighted by molar-refractivity contribution is 0.0954. The van der Waals surface area contributed by atoms with Gasteiger partial charge in [0.2, 0.25) is 0 Å². The molecule has 1 aliphatic heterocycles. The maximum atomic E-state index is 12.1. The van der Waals surface area contributed by atoms with Gasteiger partial charge in [0.25, 0.3) is 5.91 Å². The number of fused-ring (bicyclic) bond motifs is 1. The zero-order chi connectivity index (χ0) is 13.8. The van der Waals surface area contributed by atoms with E-state index in [1.54, 1.807) is 11.3 Å². The molecule has 3 nitrogen and oxygen atoms in total. The van der Waals surface area contributed by atoms with Gasteiger partial charge < -0.3 is 10.1 Å². The lowest BCUT2D eigenvalue weighted by Gasteiger charge is -2.17. The van der Waals surface area contributed by atoms with Crippen molar-refractivity contribution in [2.75, 3.05) is 13.2 Å². The molecule has 0 spiro atoms. The van der Waals surface area contributed by atoms with Crippen molar-refractivity contribution < 1.29 is 9.53 Å². The van der Waals surface area contributed by atoms with E-state index in [1.165, 1.54) is 4.88 Å². The Labute approximate surface area is 122 Å². The fraction of sp³-hybridized carbons (Fsp3) is 0.312. The van der Waals surface area contributed by atoms with Crippen LogP contribution in [0.15, 0.2) is 35.7 Å². The van der Waals surface area contributed by atoms with Crippen molar-refractivity contribution in [2.24, 2.45) is 0 Å². The van der Waals surface area contributed by atoms with Crippen molar-refractivity contribution in [2.45, 2.75) is 19.3 Å². The molecule has 0 saturated carbocycles. The molecule has 1 aliphatic rings. The quantitative estimate of drug-likeness (QED) is 0.938. The third-order valence-electron chi connectivity index (χ3n) is 3.41. The summed E-state index contributed by atoms with van der Waals surface area (Å²) in [5.41, 5.74) is 1.86. The summed E-state index contributed by atoms with van der Waals surface area (Å²) in [5.74, 6) is 0.918. The lowest BCUT2D eigenvalue weighted by atomic mass is 10.0. The maximum absolute atomic E-state index is 12.1. The molecule has 0 atom stereocenters. The van der Waals surface area contributed by atoms with Gasteiger partial charge in [0.1, 0.15) is 5.75 Å². The van der Waals surface area contributed by atoms with Crippen molar-refractivity contribution in [1.29, 1.82) is 0 Å². The zero-order valence-corrected chi connectivity index (χ0v) is 12.0. The molecule has 0 bridgehead atoms. The Hall–Kier alpha value is -1.81. The highest BCUT2D eigenvalue weighted by Crippen LogP contribution is 2.25. The highest BCUT2D eigenvalue weighted by atomic mass is 32.1. The molecule has 0 fully saturated rings. The summed E-state index contributed by atoms with van der Waals surface area (Å²) in [7, 11) is 0. The van der Waals surface area contributed by atoms with Crippen LogP contribution in [-0.2, 0) is 12.8 Å². The van der Waals surface area contributed by atoms with E-state index in [1.807, 2.05) is 24.3 Å². The summed E-state index contributed by atoms with van der Waals surface area (Å²) in [6.45, 7) is 1.45. The van der Waals surface area contributed by atoms with Gasteiger partial charge in [-0.25, -0.2) is 0 Å². The minimum Gasteiger partial charge on any atom is -0.493 e. The van der Waals surface area contributed by atoms with Crippen molar-refractivity contribution in [3.63, 3.8) is 0 Å². The molecule has 1 N–H and O–H groups in total. The van der Waals surface area contributed by atoms with Gasteiger partial charge >= 0.3 is 0 Å². The number of hydrogen-bond acceptors (Lipinski definition) is 3. The Bertz CT molecular complexity index is 593. The van der Waals surface area contributed by atoms with Crippen LogP contribution in [0.5, 0.6) is 5.75 Å². The summed E-state index contributed by atoms with van der Waals surface area (Å²) < 4.78 is 5.56. The number of benzene rings is 1. The Morgan fingerprint density at radius 3 is 3.15 bits per heavy atom. The van der Waals surface area contributed by atoms with Crippen LogP contribution >= 0.6 is 11.3 Å². The molecule has 2 aromatic rings. The molecule has 1 aromatic carbocycles. The number of ether oxygens (including phenoxy) is 1. The average Bonchev–Trinajstić information content (AvgIpc) is 3.00. The first-order valence-electron chi connectivity index (χ1n) is 6.89. The van der Waals surface area contributed by atoms with Gasteiger partial charge in [-0.15, -0.1) is 11.3 Å². The van der Waals surface area contributed by atoms with Crippen molar-refractivity contribution in [3.05, 3.63) is 51.7 Å². The molecular weight excluding hydrogens is 270 g/mol. The number of carbonyl (C=O) groups excluding carboxylic acids is 1. The minimum absolute atomic E-state index is 0.00469. The highest BCUT2D eigenvalue weighted by molar-refractivity contribution is 7.09. The first-order chi connectivity index (χ1) is 9.83. The van der Waals surface area contributed by atoms with E-state index < -0.39 is 0 Å². The van der Waals surface area contributed by atoms with Gasteiger partial charge in [-0.05, 0) is 54.5 Å². The van der Waals surface area contributed by atoms with Gasteiger partial charge in [-0.2, -0.15) is 0 Å². The largest absolute Gasteiger partial charge is 0.493 e. The fourth-order valence-electron chi connectivity index (χ4n) is 2.36. The van der Waals surface area contributed by atoms with Crippen LogP contribution in [0.1, 0.15) is 27.2 Å². The summed E-state index contributed by atoms with van der Waals surface area (Å²) in [5, 5.41) is 5.03. The highest BCUT2D eigenvalue weighted by Gasteiger charge is 2.13. The summed E-state index contributed by atoms with van der Waals surface area (Å²) in [6, 6.07) is 9.82. The van der Waals surface area contributed by atoms with Crippen molar-refractivity contribution in [3.8, 4) is 5.75 Å². The summed E-state index contributed by atoms with van der Waals surface area (Å²) >= 11 is 1.72. The number of amides is 1. The molecule has 104 valence electrons. The smallest absolute Gasteiger partial charge is 0.251 e. The lowest BCUT2D eigenvalue weighted by Crippen LogP contribution is -2.25. The van der Waals surface area contributed by atoms with Gasteiger partial charge in [0, 0.05) is 17.0 Å². The average molecular weight is 287 g/mol. The van der Waals surface area contributed by atoms with E-state index in [-0.39, 0.29) is 5.91 Å². The van der Waals surface area contributed by atoms with E-state index in [0.717, 1.165) is 42.7 Å². The number of nitrogens with one attached hydrogen (secondary N) is 1. The monoisotopic (exact) mass is 287 g/mol. The van der Waals surface area contributed by atoms with Crippen LogP contribution in [-0.4, -0.2) is 19.1 Å². The Morgan fingerprint density at radius 1 is 1.35 bits per heavy atom. The fourth-order valence-corrected chi connectivity index (χ4v) is 3.07. The van der Waals surface area contributed by atoms with E-state index in [0.29, 0.717) is 6.54 Å². The normalized spacial score (nSPS) is 13.4. The van der Waals surface area contributed by atoms with Crippen LogP contribution in [0.3, 0.4) is 0 Å². The number of hydrogen-bond donors (Lipinski definition) is 1. The molecule has 2 heterocycles. The molecule has 0 saturated heterocycles. The van der Waals surface area contributed by atoms with Crippen LogP contribution < -0.4 is 10.1 Å². The van der Waals surface area contributed by atoms with E-state index in [2.05, 4.69) is 16.8 Å². The van der Waals surface area contributed by atoms with Gasteiger partial charge in [-0.1, -0.05) is 6.07 Å². The second-order valence-electron chi connectivity index (χ2n) is 4.86. The zero-order valence-electron chi connectivity index (χ0n) is 11.2. The van der Waals surface area contributed by atoms with Gasteiger partial charge in [0.15, 0.2) is 0 Å². The number of carbonyl (C=O) groups is 1. The minimum atomic E-state index is -0.00469. The molecular formula is C16H17NO2S. The SMILES string of the molecule is O=C(NCCc1cccs1)c1ccc2c(c1)CCCO2. The molecule has 0 radical (unpaired) electrons. The van der Waals surface area contributed by atoms with Crippen LogP contribution in [0, 0.1) is 0 Å². The van der Waals surface area contributed by atoms with E-state index in [9.17, 15) is 4.79 Å². The predicted molar refractivity (Wildman–Crippen MR) is 80.6 cm³/mol. The first kappa shape index (κ1) is 13.2. The molecule has 4 heteroatoms. The number of aryl methyl sites for hydroxylation is 1. The topological polar surface area (TPSA) is 38.3 Å². The standard InChI is InChI=1S/C16H17NO2S/c18-16(17-8-7-14-4-2-10-20-14)13-5-6-15-12(11-13)3-1-9-19-15/h2,4-6,10-11H,1,3,7-9H2,(H,17,18). The Kier molecular flexibility index (Phi) is 4.02. The third kappa shape index (κ3) is 3.02. The molecule has 1 aromatic heterocycles. The Balaban J connectivity index is 1.59. The second kappa shape index (κ2) is 6.09. The molecule has 0 aliphatic carbocycles. The van der Waals surface area contributed by atoms with Crippen LogP contribution in [0.25, 0.3) is 0 Å². The van der Waals surface area contributed by atoms with E-state index >= 15 is 0 Å². The van der Waals surface area contributed by atoms with Gasteiger partial charge in [0.05, 0.1) is 6.61 Å². The number of rotatable bonds is 4. The summed E-state index contributed by atoms with van der Waals surface area (Å²) in [4.78, 5) is 13.4. The van der Waals surface area contributed by atoms with Crippen LogP contribution in [0.4, 0.5) is 0 Å². The van der Waals surface area contributed by atoms with Gasteiger partial charge in [-0.3, -0.25) is 4.79 Å². The third-order valence-corrected chi connectivity index (χ3v) is 4.34. The number of thiophene rings is 1. The summed E-state index contributed by atoms with van der Waals surface area (Å²) in [6.07, 6.45) is 2.90. The van der Waals surface area contributed by atoms with E-state index in [4.69, 9.17) is 4.74 Å². The predicted octanol–water partition coefficient (Wildman–Crippen LogP) is 3.05. The van der Waals surface area contributed by atoms with Crippen molar-refractivity contribution in [1.82, 2.24) is 5.32 Å². The first-order valence-corrected chi connectivity index (χ1v) is 7.77. The van der Waals surface area contributed by atoms with Crippen LogP contribution in [0.2, 0.25) is 0 Å². The molecule has 3 rings (SSSR count).